The van der Waals surface area contributed by atoms with Crippen LogP contribution in [-0.4, -0.2) is 0 Å². The number of hydrogen-bond acceptors (Lipinski definition) is 5. The highest BCUT2D eigenvalue weighted by molar-refractivity contribution is 5.79. The molecule has 0 spiro atoms. The van der Waals surface area contributed by atoms with E-state index in [0.717, 1.165) is 6.07 Å². The molecule has 168 valence electrons. The van der Waals surface area contributed by atoms with E-state index in [0.29, 0.717) is 6.07 Å². The molecule has 5 nitrogen and oxygen atoms in total. The molecule has 0 aliphatic heterocycles. The topological polar surface area (TPSA) is 119 Å². The van der Waals surface area contributed by atoms with Crippen molar-refractivity contribution in [1.82, 2.24) is 0 Å². The number of halogens is 8. The molecule has 0 saturated heterocycles. The van der Waals surface area contributed by atoms with Gasteiger partial charge in [-0.1, -0.05) is 0 Å². The normalized spacial score (nSPS) is 11.9. The summed E-state index contributed by atoms with van der Waals surface area (Å²) in [6.07, 6.45) is -11.0. The Kier molecular flexibility index (Phi) is 6.63. The van der Waals surface area contributed by atoms with E-state index in [1.165, 1.54) is 24.3 Å². The minimum atomic E-state index is -5.50. The number of nitrogens with zero attached hydrogens (tertiary/aromatic N) is 5. The first kappa shape index (κ1) is 25.3. The van der Waals surface area contributed by atoms with Crippen molar-refractivity contribution < 1.29 is 35.1 Å². The second-order valence-corrected chi connectivity index (χ2v) is 6.23. The van der Waals surface area contributed by atoms with Crippen LogP contribution in [0.5, 0.6) is 0 Å². The molecule has 2 aromatic carbocycles. The Morgan fingerprint density at radius 2 is 1.18 bits per heavy atom. The summed E-state index contributed by atoms with van der Waals surface area (Å²) < 4.78 is 110. The standard InChI is InChI=1S/C21H3F8N5/c22-18-12(1-10(4-30)17(19(18)23)11(5-31)6-32)13(7-33)9-2-15(20(24,25)26)14(8-34)16(3-9)21(27,28)29/h1-3H/b13-12+. The van der Waals surface area contributed by atoms with E-state index in [2.05, 4.69) is 0 Å². The molecular formula is C21H3F8N5. The molecule has 0 N–H and O–H groups in total. The van der Waals surface area contributed by atoms with E-state index in [1.54, 1.807) is 0 Å². The zero-order chi connectivity index (χ0) is 26.0. The SMILES string of the molecule is N#CC(C#N)=c1c(C#N)c/c(=C(/C#N)c2cc(C(F)(F)F)c(C#N)c(C(F)(F)F)c2)c(F)c1F. The molecule has 0 aromatic heterocycles. The maximum atomic E-state index is 14.8. The van der Waals surface area contributed by atoms with Gasteiger partial charge in [0.05, 0.1) is 39.1 Å². The molecule has 0 fully saturated rings. The minimum absolute atomic E-state index is 0.0221. The average molecular weight is 477 g/mol. The van der Waals surface area contributed by atoms with E-state index < -0.39 is 73.4 Å². The van der Waals surface area contributed by atoms with Gasteiger partial charge in [-0.25, -0.2) is 8.78 Å². The van der Waals surface area contributed by atoms with E-state index in [1.807, 2.05) is 0 Å². The van der Waals surface area contributed by atoms with Crippen molar-refractivity contribution in [2.45, 2.75) is 12.4 Å². The van der Waals surface area contributed by atoms with Crippen molar-refractivity contribution in [2.24, 2.45) is 0 Å². The molecule has 0 heterocycles. The second kappa shape index (κ2) is 8.90. The van der Waals surface area contributed by atoms with Crippen LogP contribution >= 0.6 is 0 Å². The summed E-state index contributed by atoms with van der Waals surface area (Å²) in [4.78, 5) is 0. The van der Waals surface area contributed by atoms with Crippen LogP contribution in [0.3, 0.4) is 0 Å². The summed E-state index contributed by atoms with van der Waals surface area (Å²) >= 11 is 0. The second-order valence-electron chi connectivity index (χ2n) is 6.23. The van der Waals surface area contributed by atoms with Crippen molar-refractivity contribution in [1.29, 1.82) is 26.3 Å². The van der Waals surface area contributed by atoms with Gasteiger partial charge in [0.25, 0.3) is 0 Å². The molecule has 0 unspecified atom stereocenters. The van der Waals surface area contributed by atoms with Gasteiger partial charge >= 0.3 is 12.4 Å². The molecule has 2 aromatic rings. The van der Waals surface area contributed by atoms with Crippen LogP contribution < -0.4 is 10.4 Å². The Bertz CT molecular complexity index is 1500. The van der Waals surface area contributed by atoms with Gasteiger partial charge in [0, 0.05) is 5.22 Å². The van der Waals surface area contributed by atoms with Gasteiger partial charge in [-0.2, -0.15) is 52.7 Å². The summed E-state index contributed by atoms with van der Waals surface area (Å²) in [5.41, 5.74) is -10.3. The van der Waals surface area contributed by atoms with Gasteiger partial charge in [0.15, 0.2) is 11.6 Å². The Hall–Kier alpha value is -4.93. The molecule has 0 atom stereocenters. The molecule has 0 aliphatic rings. The molecule has 0 radical (unpaired) electrons. The highest BCUT2D eigenvalue weighted by Gasteiger charge is 2.42. The van der Waals surface area contributed by atoms with E-state index >= 15 is 0 Å². The van der Waals surface area contributed by atoms with Crippen LogP contribution in [0.15, 0.2) is 18.2 Å². The number of nitriles is 5. The van der Waals surface area contributed by atoms with E-state index in [9.17, 15) is 45.6 Å². The van der Waals surface area contributed by atoms with Crippen LogP contribution in [-0.2, 0) is 12.4 Å². The Morgan fingerprint density at radius 1 is 0.676 bits per heavy atom. The molecule has 13 heteroatoms. The lowest BCUT2D eigenvalue weighted by Gasteiger charge is -2.16. The van der Waals surface area contributed by atoms with Gasteiger partial charge in [0.1, 0.15) is 29.8 Å². The molecular weight excluding hydrogens is 474 g/mol. The molecule has 0 aliphatic carbocycles. The third-order valence-corrected chi connectivity index (χ3v) is 4.33. The third-order valence-electron chi connectivity index (χ3n) is 4.33. The van der Waals surface area contributed by atoms with Crippen molar-refractivity contribution in [3.63, 3.8) is 0 Å². The Morgan fingerprint density at radius 3 is 1.53 bits per heavy atom. The molecule has 34 heavy (non-hydrogen) atoms. The summed E-state index contributed by atoms with van der Waals surface area (Å²) in [5.74, 6) is -4.01. The Labute approximate surface area is 184 Å². The van der Waals surface area contributed by atoms with Crippen molar-refractivity contribution in [3.05, 3.63) is 68.1 Å². The largest absolute Gasteiger partial charge is 0.417 e. The van der Waals surface area contributed by atoms with Crippen LogP contribution in [0.25, 0.3) is 11.1 Å². The predicted molar refractivity (Wildman–Crippen MR) is 94.2 cm³/mol. The van der Waals surface area contributed by atoms with Crippen molar-refractivity contribution >= 4 is 11.1 Å². The minimum Gasteiger partial charge on any atom is -0.203 e. The van der Waals surface area contributed by atoms with Crippen molar-refractivity contribution in [3.8, 4) is 30.3 Å². The van der Waals surface area contributed by atoms with E-state index in [-0.39, 0.29) is 12.1 Å². The molecule has 0 bridgehead atoms. The maximum Gasteiger partial charge on any atom is 0.417 e. The smallest absolute Gasteiger partial charge is 0.203 e. The van der Waals surface area contributed by atoms with Crippen LogP contribution in [0.4, 0.5) is 35.1 Å². The number of benzene rings is 2. The van der Waals surface area contributed by atoms with Gasteiger partial charge in [-0.15, -0.1) is 0 Å². The molecule has 2 rings (SSSR count). The molecule has 0 amide bonds. The number of alkyl halides is 6. The lowest BCUT2D eigenvalue weighted by molar-refractivity contribution is -0.143. The van der Waals surface area contributed by atoms with Gasteiger partial charge < -0.3 is 0 Å². The van der Waals surface area contributed by atoms with Gasteiger partial charge in [-0.05, 0) is 23.8 Å². The lowest BCUT2D eigenvalue weighted by Crippen LogP contribution is -2.27. The monoisotopic (exact) mass is 477 g/mol. The zero-order valence-electron chi connectivity index (χ0n) is 16.0. The summed E-state index contributed by atoms with van der Waals surface area (Å²) in [6, 6.07) is 6.07. The lowest BCUT2D eigenvalue weighted by atomic mass is 9.92. The number of hydrogen-bond donors (Lipinski definition) is 0. The quantitative estimate of drug-likeness (QED) is 0.581. The molecule has 0 saturated carbocycles. The average Bonchev–Trinajstić information content (AvgIpc) is 2.77. The zero-order valence-corrected chi connectivity index (χ0v) is 16.0. The first-order valence-electron chi connectivity index (χ1n) is 8.36. The van der Waals surface area contributed by atoms with Crippen LogP contribution in [0, 0.1) is 68.3 Å². The fourth-order valence-electron chi connectivity index (χ4n) is 2.91. The summed E-state index contributed by atoms with van der Waals surface area (Å²) in [7, 11) is 0. The third kappa shape index (κ3) is 4.35. The highest BCUT2D eigenvalue weighted by Crippen LogP contribution is 2.40. The van der Waals surface area contributed by atoms with E-state index in [4.69, 9.17) is 15.8 Å². The van der Waals surface area contributed by atoms with Gasteiger partial charge in [-0.3, -0.25) is 0 Å². The fraction of sp³-hybridized carbons (Fsp3) is 0.0952. The Balaban J connectivity index is 3.25. The highest BCUT2D eigenvalue weighted by atomic mass is 19.4. The maximum absolute atomic E-state index is 14.8. The predicted octanol–water partition coefficient (Wildman–Crippen LogP) is 3.67. The first-order valence-corrected chi connectivity index (χ1v) is 8.36. The fourth-order valence-corrected chi connectivity index (χ4v) is 2.91. The summed E-state index contributed by atoms with van der Waals surface area (Å²) in [5, 5.41) is 42.9. The summed E-state index contributed by atoms with van der Waals surface area (Å²) in [6.45, 7) is 0. The van der Waals surface area contributed by atoms with Crippen LogP contribution in [0.2, 0.25) is 0 Å². The van der Waals surface area contributed by atoms with Gasteiger partial charge in [0.2, 0.25) is 0 Å². The van der Waals surface area contributed by atoms with Crippen molar-refractivity contribution in [2.75, 3.05) is 0 Å². The van der Waals surface area contributed by atoms with Crippen LogP contribution in [0.1, 0.15) is 27.8 Å². The first-order chi connectivity index (χ1) is 15.8. The number of rotatable bonds is 1.